The van der Waals surface area contributed by atoms with Gasteiger partial charge in [0.15, 0.2) is 4.34 Å². The molecule has 8 nitrogen and oxygen atoms in total. The highest BCUT2D eigenvalue weighted by atomic mass is 32.2. The number of nitrogens with zero attached hydrogens (tertiary/aromatic N) is 3. The van der Waals surface area contributed by atoms with Crippen molar-refractivity contribution in [3.05, 3.63) is 34.1 Å². The van der Waals surface area contributed by atoms with Gasteiger partial charge in [-0.15, -0.1) is 10.2 Å². The van der Waals surface area contributed by atoms with Crippen LogP contribution in [0.25, 0.3) is 0 Å². The summed E-state index contributed by atoms with van der Waals surface area (Å²) < 4.78 is 14.2. The first-order valence-corrected chi connectivity index (χ1v) is 8.23. The predicted molar refractivity (Wildman–Crippen MR) is 86.5 cm³/mol. The summed E-state index contributed by atoms with van der Waals surface area (Å²) in [6.45, 7) is 2.64. The van der Waals surface area contributed by atoms with Crippen molar-refractivity contribution >= 4 is 45.5 Å². The molecule has 0 saturated carbocycles. The van der Waals surface area contributed by atoms with E-state index in [9.17, 15) is 19.3 Å². The summed E-state index contributed by atoms with van der Waals surface area (Å²) in [6.07, 6.45) is 0. The summed E-state index contributed by atoms with van der Waals surface area (Å²) in [5.74, 6) is -1.24. The first-order chi connectivity index (χ1) is 11.0. The molecule has 23 heavy (non-hydrogen) atoms. The molecule has 0 bridgehead atoms. The molecule has 0 radical (unpaired) electrons. The minimum atomic E-state index is -0.737. The summed E-state index contributed by atoms with van der Waals surface area (Å²) in [6, 6.07) is 2.95. The average Bonchev–Trinajstić information content (AvgIpc) is 2.95. The molecule has 0 unspecified atom stereocenters. The molecule has 0 atom stereocenters. The first-order valence-electron chi connectivity index (χ1n) is 6.43. The van der Waals surface area contributed by atoms with Gasteiger partial charge in [0.25, 0.3) is 5.69 Å². The van der Waals surface area contributed by atoms with Crippen LogP contribution in [-0.4, -0.2) is 33.3 Å². The van der Waals surface area contributed by atoms with E-state index in [4.69, 9.17) is 0 Å². The Bertz CT molecular complexity index is 724. The van der Waals surface area contributed by atoms with Gasteiger partial charge in [0.05, 0.1) is 16.4 Å². The van der Waals surface area contributed by atoms with Crippen LogP contribution in [0, 0.1) is 15.9 Å². The highest BCUT2D eigenvalue weighted by Crippen LogP contribution is 2.26. The van der Waals surface area contributed by atoms with Crippen molar-refractivity contribution < 1.29 is 14.1 Å². The molecule has 1 heterocycles. The van der Waals surface area contributed by atoms with E-state index in [1.807, 2.05) is 6.92 Å². The smallest absolute Gasteiger partial charge is 0.271 e. The molecule has 122 valence electrons. The van der Waals surface area contributed by atoms with E-state index in [0.717, 1.165) is 30.0 Å². The third-order valence-corrected chi connectivity index (χ3v) is 4.51. The molecule has 1 aromatic carbocycles. The van der Waals surface area contributed by atoms with Gasteiger partial charge in [0.2, 0.25) is 11.0 Å². The van der Waals surface area contributed by atoms with Crippen molar-refractivity contribution in [2.45, 2.75) is 11.3 Å². The number of hydrogen-bond acceptors (Lipinski definition) is 8. The van der Waals surface area contributed by atoms with Crippen molar-refractivity contribution in [1.29, 1.82) is 0 Å². The molecule has 11 heteroatoms. The lowest BCUT2D eigenvalue weighted by Crippen LogP contribution is -2.15. The second-order valence-corrected chi connectivity index (χ2v) is 6.36. The number of hydrogen-bond donors (Lipinski definition) is 2. The zero-order chi connectivity index (χ0) is 16.8. The van der Waals surface area contributed by atoms with Crippen LogP contribution in [0.2, 0.25) is 0 Å². The molecule has 0 fully saturated rings. The minimum Gasteiger partial charge on any atom is -0.360 e. The van der Waals surface area contributed by atoms with Crippen LogP contribution in [0.5, 0.6) is 0 Å². The Kier molecular flexibility index (Phi) is 5.82. The number of halogens is 1. The molecule has 0 aliphatic carbocycles. The molecule has 0 spiro atoms. The number of nitrogens with one attached hydrogen (secondary N) is 2. The van der Waals surface area contributed by atoms with Gasteiger partial charge in [-0.1, -0.05) is 23.1 Å². The largest absolute Gasteiger partial charge is 0.360 e. The van der Waals surface area contributed by atoms with Crippen molar-refractivity contribution in [3.63, 3.8) is 0 Å². The van der Waals surface area contributed by atoms with Gasteiger partial charge < -0.3 is 10.6 Å². The molecular formula is C12H12FN5O3S2. The molecular weight excluding hydrogens is 345 g/mol. The first kappa shape index (κ1) is 17.1. The monoisotopic (exact) mass is 357 g/mol. The number of aromatic nitrogens is 2. The van der Waals surface area contributed by atoms with Crippen molar-refractivity contribution in [3.8, 4) is 0 Å². The Morgan fingerprint density at radius 2 is 2.26 bits per heavy atom. The van der Waals surface area contributed by atoms with Gasteiger partial charge in [0.1, 0.15) is 5.82 Å². The molecule has 1 amide bonds. The second-order valence-electron chi connectivity index (χ2n) is 4.16. The van der Waals surface area contributed by atoms with Gasteiger partial charge in [0, 0.05) is 18.7 Å². The van der Waals surface area contributed by atoms with E-state index in [0.29, 0.717) is 16.0 Å². The Morgan fingerprint density at radius 1 is 1.48 bits per heavy atom. The van der Waals surface area contributed by atoms with Crippen LogP contribution in [0.1, 0.15) is 6.92 Å². The van der Waals surface area contributed by atoms with Crippen LogP contribution in [0.4, 0.5) is 20.9 Å². The third kappa shape index (κ3) is 4.86. The van der Waals surface area contributed by atoms with Crippen LogP contribution in [0.15, 0.2) is 22.5 Å². The molecule has 0 saturated heterocycles. The van der Waals surface area contributed by atoms with Crippen molar-refractivity contribution in [1.82, 2.24) is 10.2 Å². The molecule has 2 aromatic rings. The lowest BCUT2D eigenvalue weighted by atomic mass is 10.2. The maximum absolute atomic E-state index is 13.6. The standard InChI is InChI=1S/C12H12FN5O3S2/c1-2-14-11-16-17-12(23-11)22-6-10(19)15-9-5-7(18(20)21)3-4-8(9)13/h3-5H,2,6H2,1H3,(H,14,16)(H,15,19). The fourth-order valence-corrected chi connectivity index (χ4v) is 3.15. The summed E-state index contributed by atoms with van der Waals surface area (Å²) in [4.78, 5) is 21.8. The van der Waals surface area contributed by atoms with E-state index < -0.39 is 16.6 Å². The highest BCUT2D eigenvalue weighted by Gasteiger charge is 2.14. The zero-order valence-corrected chi connectivity index (χ0v) is 13.5. The number of nitro benzene ring substituents is 1. The Labute approximate surface area is 138 Å². The van der Waals surface area contributed by atoms with Gasteiger partial charge in [-0.2, -0.15) is 0 Å². The molecule has 0 aliphatic rings. The number of non-ortho nitro benzene ring substituents is 1. The van der Waals surface area contributed by atoms with Crippen LogP contribution in [-0.2, 0) is 4.79 Å². The van der Waals surface area contributed by atoms with E-state index in [1.54, 1.807) is 0 Å². The predicted octanol–water partition coefficient (Wildman–Crippen LogP) is 2.75. The molecule has 2 rings (SSSR count). The Morgan fingerprint density at radius 3 is 2.96 bits per heavy atom. The number of thioether (sulfide) groups is 1. The SMILES string of the molecule is CCNc1nnc(SCC(=O)Nc2cc([N+](=O)[O-])ccc2F)s1. The highest BCUT2D eigenvalue weighted by molar-refractivity contribution is 8.01. The van der Waals surface area contributed by atoms with Gasteiger partial charge in [-0.25, -0.2) is 4.39 Å². The maximum Gasteiger partial charge on any atom is 0.271 e. The number of benzene rings is 1. The zero-order valence-electron chi connectivity index (χ0n) is 11.9. The molecule has 2 N–H and O–H groups in total. The summed E-state index contributed by atoms with van der Waals surface area (Å²) in [5.41, 5.74) is -0.524. The Hall–Kier alpha value is -2.27. The third-order valence-electron chi connectivity index (χ3n) is 2.50. The normalized spacial score (nSPS) is 10.3. The van der Waals surface area contributed by atoms with Gasteiger partial charge in [-0.05, 0) is 13.0 Å². The summed E-state index contributed by atoms with van der Waals surface area (Å²) in [7, 11) is 0. The number of rotatable bonds is 7. The lowest BCUT2D eigenvalue weighted by molar-refractivity contribution is -0.384. The summed E-state index contributed by atoms with van der Waals surface area (Å²) in [5, 5.41) is 24.4. The fourth-order valence-electron chi connectivity index (χ4n) is 1.53. The van der Waals surface area contributed by atoms with E-state index >= 15 is 0 Å². The van der Waals surface area contributed by atoms with Gasteiger partial charge in [-0.3, -0.25) is 14.9 Å². The topological polar surface area (TPSA) is 110 Å². The van der Waals surface area contributed by atoms with Crippen LogP contribution >= 0.6 is 23.1 Å². The van der Waals surface area contributed by atoms with E-state index in [1.165, 1.54) is 11.3 Å². The van der Waals surface area contributed by atoms with Crippen molar-refractivity contribution in [2.75, 3.05) is 22.9 Å². The van der Waals surface area contributed by atoms with Crippen LogP contribution in [0.3, 0.4) is 0 Å². The molecule has 1 aromatic heterocycles. The minimum absolute atomic E-state index is 0.0110. The number of nitro groups is 1. The molecule has 0 aliphatic heterocycles. The fraction of sp³-hybridized carbons (Fsp3) is 0.250. The lowest BCUT2D eigenvalue weighted by Gasteiger charge is -2.05. The number of carbonyl (C=O) groups is 1. The van der Waals surface area contributed by atoms with E-state index in [-0.39, 0.29) is 17.1 Å². The average molecular weight is 357 g/mol. The maximum atomic E-state index is 13.6. The summed E-state index contributed by atoms with van der Waals surface area (Å²) >= 11 is 2.45. The second kappa shape index (κ2) is 7.83. The quantitative estimate of drug-likeness (QED) is 0.445. The van der Waals surface area contributed by atoms with E-state index in [2.05, 4.69) is 20.8 Å². The van der Waals surface area contributed by atoms with Gasteiger partial charge >= 0.3 is 0 Å². The van der Waals surface area contributed by atoms with Crippen LogP contribution < -0.4 is 10.6 Å². The van der Waals surface area contributed by atoms with Crippen molar-refractivity contribution in [2.24, 2.45) is 0 Å². The number of carbonyl (C=O) groups excluding carboxylic acids is 1. The number of anilines is 2. The Balaban J connectivity index is 1.94. The number of amides is 1.